The van der Waals surface area contributed by atoms with E-state index in [0.717, 1.165) is 6.07 Å². The number of phenols is 1. The molecule has 0 fully saturated rings. The minimum absolute atomic E-state index is 0.0916. The van der Waals surface area contributed by atoms with Crippen LogP contribution >= 0.6 is 0 Å². The van der Waals surface area contributed by atoms with Gasteiger partial charge in [-0.3, -0.25) is 20.0 Å². The number of hydrogen-bond acceptors (Lipinski definition) is 7. The molecule has 0 radical (unpaired) electrons. The Bertz CT molecular complexity index is 1350. The maximum atomic E-state index is 12.8. The van der Waals surface area contributed by atoms with Gasteiger partial charge in [0.05, 0.1) is 28.6 Å². The van der Waals surface area contributed by atoms with Gasteiger partial charge in [0.15, 0.2) is 0 Å². The van der Waals surface area contributed by atoms with Gasteiger partial charge in [-0.25, -0.2) is 4.79 Å². The van der Waals surface area contributed by atoms with Crippen LogP contribution in [0.4, 0.5) is 11.4 Å². The van der Waals surface area contributed by atoms with Crippen molar-refractivity contribution in [1.29, 1.82) is 10.7 Å². The lowest BCUT2D eigenvalue weighted by atomic mass is 9.98. The number of nitrogens with one attached hydrogen (secondary N) is 3. The maximum Gasteiger partial charge on any atom is 0.337 e. The van der Waals surface area contributed by atoms with E-state index in [9.17, 15) is 24.6 Å². The highest BCUT2D eigenvalue weighted by molar-refractivity contribution is 6.48. The zero-order valence-corrected chi connectivity index (χ0v) is 17.9. The van der Waals surface area contributed by atoms with Crippen LogP contribution in [-0.2, 0) is 9.59 Å². The summed E-state index contributed by atoms with van der Waals surface area (Å²) in [6, 6.07) is 11.5. The Balaban J connectivity index is 2.00. The molecule has 3 aromatic rings. The molecular weight excluding hydrogens is 438 g/mol. The molecule has 2 amide bonds. The highest BCUT2D eigenvalue weighted by atomic mass is 16.4. The number of nitriles is 1. The van der Waals surface area contributed by atoms with Crippen molar-refractivity contribution in [2.45, 2.75) is 13.3 Å². The first kappa shape index (κ1) is 23.6. The summed E-state index contributed by atoms with van der Waals surface area (Å²) in [6.45, 7) is 1.67. The van der Waals surface area contributed by atoms with Crippen LogP contribution in [0.2, 0.25) is 0 Å². The monoisotopic (exact) mass is 457 g/mol. The number of nitrogens with zero attached hydrogens (tertiary/aromatic N) is 2. The maximum absolute atomic E-state index is 12.8. The summed E-state index contributed by atoms with van der Waals surface area (Å²) in [5.74, 6) is -3.08. The van der Waals surface area contributed by atoms with Crippen LogP contribution in [0.1, 0.15) is 34.8 Å². The molecule has 2 aromatic carbocycles. The first-order chi connectivity index (χ1) is 16.2. The van der Waals surface area contributed by atoms with E-state index in [4.69, 9.17) is 10.7 Å². The lowest BCUT2D eigenvalue weighted by molar-refractivity contribution is -0.116. The van der Waals surface area contributed by atoms with Gasteiger partial charge in [0.2, 0.25) is 5.91 Å². The number of carbonyl (C=O) groups is 3. The Kier molecular flexibility index (Phi) is 6.98. The van der Waals surface area contributed by atoms with Crippen LogP contribution in [0.3, 0.4) is 0 Å². The zero-order chi connectivity index (χ0) is 24.8. The van der Waals surface area contributed by atoms with Crippen LogP contribution in [0.25, 0.3) is 11.1 Å². The fourth-order valence-electron chi connectivity index (χ4n) is 3.10. The van der Waals surface area contributed by atoms with E-state index in [0.29, 0.717) is 11.1 Å². The summed E-state index contributed by atoms with van der Waals surface area (Å²) >= 11 is 0. The van der Waals surface area contributed by atoms with Crippen molar-refractivity contribution in [3.05, 3.63) is 71.5 Å². The number of aromatic nitrogens is 1. The topological polar surface area (TPSA) is 176 Å². The number of carboxylic acids is 1. The minimum atomic E-state index is -1.36. The van der Waals surface area contributed by atoms with Gasteiger partial charge in [-0.1, -0.05) is 13.0 Å². The van der Waals surface area contributed by atoms with Crippen molar-refractivity contribution in [1.82, 2.24) is 4.98 Å². The number of amides is 2. The second kappa shape index (κ2) is 10.1. The van der Waals surface area contributed by atoms with Crippen molar-refractivity contribution in [2.75, 3.05) is 10.6 Å². The van der Waals surface area contributed by atoms with Gasteiger partial charge in [0.1, 0.15) is 11.5 Å². The predicted molar refractivity (Wildman–Crippen MR) is 124 cm³/mol. The summed E-state index contributed by atoms with van der Waals surface area (Å²) in [5.41, 5.74) is 0.142. The molecule has 170 valence electrons. The number of hydrogen-bond donors (Lipinski definition) is 5. The fourth-order valence-corrected chi connectivity index (χ4v) is 3.10. The quantitative estimate of drug-likeness (QED) is 0.338. The van der Waals surface area contributed by atoms with Crippen molar-refractivity contribution < 1.29 is 24.6 Å². The largest absolute Gasteiger partial charge is 0.507 e. The lowest BCUT2D eigenvalue weighted by Crippen LogP contribution is -2.24. The summed E-state index contributed by atoms with van der Waals surface area (Å²) in [6.07, 6.45) is 3.28. The number of benzene rings is 2. The Morgan fingerprint density at radius 3 is 2.47 bits per heavy atom. The molecule has 0 saturated carbocycles. The van der Waals surface area contributed by atoms with E-state index in [2.05, 4.69) is 15.6 Å². The molecule has 0 spiro atoms. The van der Waals surface area contributed by atoms with E-state index in [1.54, 1.807) is 25.3 Å². The third kappa shape index (κ3) is 5.05. The number of anilines is 2. The van der Waals surface area contributed by atoms with E-state index in [-0.39, 0.29) is 40.4 Å². The van der Waals surface area contributed by atoms with Crippen LogP contribution < -0.4 is 10.6 Å². The SMILES string of the molecule is CCC(=O)Nc1cc(O)c(C(=N)C(=O)Nc2ccc(C#N)cc2C(=O)O)cc1-c1cccnc1. The summed E-state index contributed by atoms with van der Waals surface area (Å²) < 4.78 is 0. The van der Waals surface area contributed by atoms with Gasteiger partial charge < -0.3 is 20.8 Å². The fraction of sp³-hybridized carbons (Fsp3) is 0.0833. The van der Waals surface area contributed by atoms with Crippen LogP contribution in [-0.4, -0.2) is 38.7 Å². The van der Waals surface area contributed by atoms with Crippen LogP contribution in [0.15, 0.2) is 54.9 Å². The summed E-state index contributed by atoms with van der Waals surface area (Å²) in [7, 11) is 0. The molecule has 0 atom stereocenters. The van der Waals surface area contributed by atoms with Crippen molar-refractivity contribution in [3.8, 4) is 22.9 Å². The second-order valence-electron chi connectivity index (χ2n) is 7.06. The standard InChI is InChI=1S/C24H19N5O5/c1-2-21(31)28-19-10-20(30)17(9-15(19)14-4-3-7-27-12-14)22(26)23(32)29-18-6-5-13(11-25)8-16(18)24(33)34/h3-10,12,26,30H,2H2,1H3,(H,28,31)(H,29,32)(H,33,34). The van der Waals surface area contributed by atoms with Crippen LogP contribution in [0.5, 0.6) is 5.75 Å². The van der Waals surface area contributed by atoms with Crippen molar-refractivity contribution in [2.24, 2.45) is 0 Å². The number of carboxylic acid groups (broad SMARTS) is 1. The first-order valence-corrected chi connectivity index (χ1v) is 10.00. The third-order valence-electron chi connectivity index (χ3n) is 4.83. The molecule has 1 aromatic heterocycles. The molecule has 10 nitrogen and oxygen atoms in total. The first-order valence-electron chi connectivity index (χ1n) is 10.00. The number of aromatic hydroxyl groups is 1. The molecule has 0 bridgehead atoms. The molecule has 1 heterocycles. The molecular formula is C24H19N5O5. The van der Waals surface area contributed by atoms with Gasteiger partial charge >= 0.3 is 5.97 Å². The lowest BCUT2D eigenvalue weighted by Gasteiger charge is -2.15. The molecule has 0 aliphatic carbocycles. The Hall–Kier alpha value is -5.04. The number of carbonyl (C=O) groups excluding carboxylic acids is 2. The summed E-state index contributed by atoms with van der Waals surface area (Å²) in [4.78, 5) is 40.3. The predicted octanol–water partition coefficient (Wildman–Crippen LogP) is 3.38. The average Bonchev–Trinajstić information content (AvgIpc) is 2.84. The molecule has 10 heteroatoms. The normalized spacial score (nSPS) is 10.1. The molecule has 3 rings (SSSR count). The smallest absolute Gasteiger partial charge is 0.337 e. The molecule has 5 N–H and O–H groups in total. The summed E-state index contributed by atoms with van der Waals surface area (Å²) in [5, 5.41) is 42.2. The van der Waals surface area contributed by atoms with Gasteiger partial charge in [-0.15, -0.1) is 0 Å². The van der Waals surface area contributed by atoms with Gasteiger partial charge in [0.25, 0.3) is 5.91 Å². The third-order valence-corrected chi connectivity index (χ3v) is 4.83. The molecule has 0 saturated heterocycles. The molecule has 0 aliphatic rings. The van der Waals surface area contributed by atoms with Crippen molar-refractivity contribution >= 4 is 34.9 Å². The highest BCUT2D eigenvalue weighted by Gasteiger charge is 2.22. The molecule has 0 aliphatic heterocycles. The van der Waals surface area contributed by atoms with Gasteiger partial charge in [-0.2, -0.15) is 5.26 Å². The minimum Gasteiger partial charge on any atom is -0.507 e. The van der Waals surface area contributed by atoms with Crippen LogP contribution in [0, 0.1) is 16.7 Å². The van der Waals surface area contributed by atoms with E-state index >= 15 is 0 Å². The number of phenolic OH excluding ortho intramolecular Hbond substituents is 1. The number of aromatic carboxylic acids is 1. The van der Waals surface area contributed by atoms with Gasteiger partial charge in [-0.05, 0) is 30.3 Å². The Morgan fingerprint density at radius 1 is 1.09 bits per heavy atom. The number of pyridine rings is 1. The molecule has 34 heavy (non-hydrogen) atoms. The van der Waals surface area contributed by atoms with E-state index < -0.39 is 23.3 Å². The Labute approximate surface area is 194 Å². The van der Waals surface area contributed by atoms with E-state index in [1.165, 1.54) is 30.5 Å². The molecule has 0 unspecified atom stereocenters. The highest BCUT2D eigenvalue weighted by Crippen LogP contribution is 2.34. The number of rotatable bonds is 7. The van der Waals surface area contributed by atoms with E-state index in [1.807, 2.05) is 6.07 Å². The van der Waals surface area contributed by atoms with Gasteiger partial charge in [0, 0.05) is 41.6 Å². The average molecular weight is 457 g/mol. The zero-order valence-electron chi connectivity index (χ0n) is 17.9. The van der Waals surface area contributed by atoms with Crippen molar-refractivity contribution in [3.63, 3.8) is 0 Å². The Morgan fingerprint density at radius 2 is 1.85 bits per heavy atom. The second-order valence-corrected chi connectivity index (χ2v) is 7.06.